The molecule has 1 N–H and O–H groups in total. The Morgan fingerprint density at radius 3 is 1.29 bits per heavy atom. The molecule has 3 aromatic heterocycles. The molecule has 6 atom stereocenters. The molecule has 3 unspecified atom stereocenters. The molecule has 21 nitrogen and oxygen atoms in total. The Morgan fingerprint density at radius 2 is 0.924 bits per heavy atom. The third kappa shape index (κ3) is 17.6. The van der Waals surface area contributed by atoms with Crippen molar-refractivity contribution in [2.45, 2.75) is 130 Å². The number of aryl methyl sites for hydroxylation is 4. The number of aliphatic hydroxyl groups excluding tert-OH is 1. The van der Waals surface area contributed by atoms with Crippen molar-refractivity contribution in [1.29, 1.82) is 0 Å². The van der Waals surface area contributed by atoms with E-state index >= 15 is 0 Å². The lowest BCUT2D eigenvalue weighted by Gasteiger charge is -2.24. The van der Waals surface area contributed by atoms with Crippen LogP contribution in [0.3, 0.4) is 0 Å². The van der Waals surface area contributed by atoms with E-state index in [2.05, 4.69) is 90.6 Å². The van der Waals surface area contributed by atoms with Crippen molar-refractivity contribution in [2.75, 3.05) is 93.5 Å². The van der Waals surface area contributed by atoms with Gasteiger partial charge in [0.15, 0.2) is 0 Å². The maximum absolute atomic E-state index is 12.6. The average Bonchev–Trinajstić information content (AvgIpc) is 0.923. The van der Waals surface area contributed by atoms with E-state index in [4.69, 9.17) is 52.1 Å². The lowest BCUT2D eigenvalue weighted by Crippen LogP contribution is -2.34. The van der Waals surface area contributed by atoms with Gasteiger partial charge in [-0.2, -0.15) is 15.0 Å². The van der Waals surface area contributed by atoms with E-state index in [0.29, 0.717) is 116 Å². The van der Waals surface area contributed by atoms with Crippen LogP contribution in [0.1, 0.15) is 81.3 Å². The maximum atomic E-state index is 12.6. The zero-order valence-corrected chi connectivity index (χ0v) is 54.1. The third-order valence-electron chi connectivity index (χ3n) is 16.9. The summed E-state index contributed by atoms with van der Waals surface area (Å²) in [5.41, 5.74) is 11.2. The van der Waals surface area contributed by atoms with E-state index in [9.17, 15) is 19.5 Å². The number of rotatable bonds is 17. The van der Waals surface area contributed by atoms with E-state index in [1.807, 2.05) is 56.3 Å². The van der Waals surface area contributed by atoms with Gasteiger partial charge in [-0.15, -0.1) is 0 Å². The van der Waals surface area contributed by atoms with Gasteiger partial charge in [0.1, 0.15) is 50.3 Å². The molecule has 490 valence electrons. The number of aliphatic hydroxyl groups is 1. The van der Waals surface area contributed by atoms with Crippen LogP contribution in [0.25, 0.3) is 33.8 Å². The van der Waals surface area contributed by atoms with Gasteiger partial charge in [-0.05, 0) is 96.4 Å². The number of hydrogen-bond acceptors (Lipinski definition) is 18. The molecule has 6 aliphatic rings. The zero-order chi connectivity index (χ0) is 64.7. The van der Waals surface area contributed by atoms with Gasteiger partial charge in [0.05, 0.1) is 82.6 Å². The highest BCUT2D eigenvalue weighted by Crippen LogP contribution is 2.34. The molecule has 0 bridgehead atoms. The summed E-state index contributed by atoms with van der Waals surface area (Å²) in [6.45, 7) is 20.0. The first-order chi connectivity index (χ1) is 44.6. The van der Waals surface area contributed by atoms with E-state index in [1.54, 1.807) is 34.0 Å². The topological polar surface area (TPSA) is 226 Å². The largest absolute Gasteiger partial charge is 0.475 e. The molecular formula is C71H86N6O15. The SMILES string of the molecule is CC(C)C(O)C#Cc1ccc2c(c1)CCn1c-2cc(OC[C@@H]2COCCO2)nc1=O.COC(C#Cc1ccc2c(c1)CCn1c-2cc(OC[C@@H]2COCCO2)nc1=O)C(C)C.COC(CCc1ccc2c(c1)CCn1c-2cc(OC[C@@H]2COCCO2)nc1=O)C(C)C. The second-order valence-electron chi connectivity index (χ2n) is 24.5. The highest BCUT2D eigenvalue weighted by molar-refractivity contribution is 5.70. The Kier molecular flexibility index (Phi) is 23.7. The molecule has 0 spiro atoms. The summed E-state index contributed by atoms with van der Waals surface area (Å²) in [6.07, 6.45) is 3.35. The number of benzene rings is 3. The lowest BCUT2D eigenvalue weighted by molar-refractivity contribution is -0.102. The van der Waals surface area contributed by atoms with E-state index in [-0.39, 0.29) is 66.0 Å². The van der Waals surface area contributed by atoms with E-state index in [1.165, 1.54) is 11.1 Å². The molecule has 0 aliphatic carbocycles. The van der Waals surface area contributed by atoms with Crippen LogP contribution in [0.5, 0.6) is 17.6 Å². The quantitative estimate of drug-likeness (QED) is 0.0929. The first kappa shape index (κ1) is 67.4. The van der Waals surface area contributed by atoms with Crippen LogP contribution in [-0.2, 0) is 83.2 Å². The normalized spacial score (nSPS) is 18.8. The minimum atomic E-state index is -0.648. The summed E-state index contributed by atoms with van der Waals surface area (Å²) in [7, 11) is 3.47. The Labute approximate surface area is 537 Å². The molecule has 21 heteroatoms. The Balaban J connectivity index is 0.000000151. The van der Waals surface area contributed by atoms with E-state index in [0.717, 1.165) is 88.1 Å². The van der Waals surface area contributed by atoms with Gasteiger partial charge in [-0.3, -0.25) is 13.7 Å². The lowest BCUT2D eigenvalue weighted by atomic mass is 9.93. The molecule has 0 radical (unpaired) electrons. The van der Waals surface area contributed by atoms with Crippen LogP contribution in [0, 0.1) is 41.4 Å². The molecule has 6 aromatic rings. The molecule has 12 rings (SSSR count). The molecule has 9 heterocycles. The summed E-state index contributed by atoms with van der Waals surface area (Å²) in [6, 6.07) is 24.0. The number of nitrogens with zero attached hydrogens (tertiary/aromatic N) is 6. The highest BCUT2D eigenvalue weighted by Gasteiger charge is 2.26. The minimum absolute atomic E-state index is 0.0883. The predicted molar refractivity (Wildman–Crippen MR) is 345 cm³/mol. The van der Waals surface area contributed by atoms with Crippen molar-refractivity contribution >= 4 is 0 Å². The third-order valence-corrected chi connectivity index (χ3v) is 16.9. The second kappa shape index (κ2) is 32.3. The fourth-order valence-electron chi connectivity index (χ4n) is 11.6. The predicted octanol–water partition coefficient (Wildman–Crippen LogP) is 6.78. The zero-order valence-electron chi connectivity index (χ0n) is 54.1. The highest BCUT2D eigenvalue weighted by atomic mass is 16.6. The van der Waals surface area contributed by atoms with Gasteiger partial charge in [0.2, 0.25) is 17.6 Å². The van der Waals surface area contributed by atoms with Crippen molar-refractivity contribution in [1.82, 2.24) is 28.7 Å². The number of aromatic nitrogens is 6. The Hall–Kier alpha value is -7.54. The average molecular weight is 1260 g/mol. The smallest absolute Gasteiger partial charge is 0.351 e. The maximum Gasteiger partial charge on any atom is 0.351 e. The van der Waals surface area contributed by atoms with Crippen molar-refractivity contribution < 1.29 is 57.2 Å². The summed E-state index contributed by atoms with van der Waals surface area (Å²) in [4.78, 5) is 49.9. The molecule has 3 saturated heterocycles. The van der Waals surface area contributed by atoms with Gasteiger partial charge >= 0.3 is 17.1 Å². The molecule has 3 aromatic carbocycles. The van der Waals surface area contributed by atoms with Crippen LogP contribution in [-0.4, -0.2) is 164 Å². The molecule has 92 heavy (non-hydrogen) atoms. The number of ether oxygens (including phenoxy) is 11. The van der Waals surface area contributed by atoms with Crippen molar-refractivity contribution in [3.8, 4) is 75.1 Å². The standard InChI is InChI=1S/C24H32N2O5.C24H28N2O5.C23H26N2O5/c2*1-16(2)22(28-3)7-5-17-4-6-20-18(12-17)8-9-26-21(20)13-23(25-24(26)27)31-15-19-14-29-10-11-30-19;1-15(2)21(26)6-4-16-3-5-19-17(11-16)7-8-25-20(19)12-22(24-23(25)27)30-14-18-13-28-9-10-29-18/h4,6,12-13,16,19,22H,5,7-11,14-15H2,1-3H3;4,6,12-13,16,19,22H,8-11,14-15H2,1-3H3;3,5,11-12,15,18,21,26H,7-10,13-14H2,1-2H3/t2*19-,22?;18-,21?/m000/s1. The van der Waals surface area contributed by atoms with Crippen molar-refractivity contribution in [2.24, 2.45) is 17.8 Å². The first-order valence-corrected chi connectivity index (χ1v) is 32.1. The molecule has 6 aliphatic heterocycles. The van der Waals surface area contributed by atoms with Gasteiger partial charge in [-0.1, -0.05) is 95.6 Å². The summed E-state index contributed by atoms with van der Waals surface area (Å²) in [5.74, 6) is 14.2. The molecular weight excluding hydrogens is 1180 g/mol. The van der Waals surface area contributed by atoms with E-state index < -0.39 is 6.10 Å². The number of fused-ring (bicyclic) bond motifs is 9. The fourth-order valence-corrected chi connectivity index (χ4v) is 11.6. The van der Waals surface area contributed by atoms with Gasteiger partial charge in [0, 0.05) is 79.9 Å². The van der Waals surface area contributed by atoms with Crippen LogP contribution < -0.4 is 31.3 Å². The Morgan fingerprint density at radius 1 is 0.511 bits per heavy atom. The minimum Gasteiger partial charge on any atom is -0.475 e. The van der Waals surface area contributed by atoms with Gasteiger partial charge < -0.3 is 57.2 Å². The van der Waals surface area contributed by atoms with Crippen LogP contribution in [0.2, 0.25) is 0 Å². The molecule has 0 saturated carbocycles. The van der Waals surface area contributed by atoms with Gasteiger partial charge in [0.25, 0.3) is 0 Å². The fraction of sp³-hybridized carbons (Fsp3) is 0.521. The number of hydrogen-bond donors (Lipinski definition) is 1. The van der Waals surface area contributed by atoms with Gasteiger partial charge in [-0.25, -0.2) is 14.4 Å². The molecule has 0 amide bonds. The van der Waals surface area contributed by atoms with Crippen LogP contribution in [0.15, 0.2) is 87.2 Å². The molecule has 3 fully saturated rings. The first-order valence-electron chi connectivity index (χ1n) is 32.1. The number of methoxy groups -OCH3 is 2. The van der Waals surface area contributed by atoms with Crippen molar-refractivity contribution in [3.63, 3.8) is 0 Å². The monoisotopic (exact) mass is 1260 g/mol. The Bertz CT molecular complexity index is 3800. The summed E-state index contributed by atoms with van der Waals surface area (Å²) >= 11 is 0. The summed E-state index contributed by atoms with van der Waals surface area (Å²) in [5, 5.41) is 9.91. The van der Waals surface area contributed by atoms with Crippen LogP contribution >= 0.6 is 0 Å². The summed E-state index contributed by atoms with van der Waals surface area (Å²) < 4.78 is 66.4. The second-order valence-corrected chi connectivity index (χ2v) is 24.5. The van der Waals surface area contributed by atoms with Crippen molar-refractivity contribution in [3.05, 3.63) is 138 Å². The van der Waals surface area contributed by atoms with Crippen LogP contribution in [0.4, 0.5) is 0 Å².